The number of anilines is 1. The molecule has 2 N–H and O–H groups in total. The van der Waals surface area contributed by atoms with Gasteiger partial charge < -0.3 is 10.4 Å². The zero-order valence-corrected chi connectivity index (χ0v) is 9.95. The predicted molar refractivity (Wildman–Crippen MR) is 67.7 cm³/mol. The van der Waals surface area contributed by atoms with Gasteiger partial charge in [-0.15, -0.1) is 0 Å². The van der Waals surface area contributed by atoms with E-state index in [0.717, 1.165) is 31.4 Å². The number of benzene rings is 1. The van der Waals surface area contributed by atoms with Gasteiger partial charge in [0.05, 0.1) is 12.1 Å². The summed E-state index contributed by atoms with van der Waals surface area (Å²) in [6.45, 7) is 2.20. The van der Waals surface area contributed by atoms with Crippen LogP contribution in [0.5, 0.6) is 0 Å². The lowest BCUT2D eigenvalue weighted by molar-refractivity contribution is 0.172. The fraction of sp³-hybridized carbons (Fsp3) is 0.571. The maximum Gasteiger partial charge on any atom is 0.0741 e. The fourth-order valence-electron chi connectivity index (χ4n) is 2.38. The van der Waals surface area contributed by atoms with Gasteiger partial charge in [-0.2, -0.15) is 0 Å². The van der Waals surface area contributed by atoms with E-state index in [1.54, 1.807) is 0 Å². The van der Waals surface area contributed by atoms with Gasteiger partial charge in [-0.1, -0.05) is 25.5 Å². The van der Waals surface area contributed by atoms with Crippen molar-refractivity contribution in [2.24, 2.45) is 0 Å². The summed E-state index contributed by atoms with van der Waals surface area (Å²) >= 11 is 0. The quantitative estimate of drug-likeness (QED) is 0.816. The molecule has 1 aliphatic carbocycles. The van der Waals surface area contributed by atoms with Crippen LogP contribution in [0.25, 0.3) is 0 Å². The third-order valence-corrected chi connectivity index (χ3v) is 3.32. The molecule has 0 aromatic heterocycles. The largest absolute Gasteiger partial charge is 0.391 e. The molecule has 0 radical (unpaired) electrons. The van der Waals surface area contributed by atoms with Crippen LogP contribution < -0.4 is 5.32 Å². The van der Waals surface area contributed by atoms with Gasteiger partial charge in [0.25, 0.3) is 0 Å². The summed E-state index contributed by atoms with van der Waals surface area (Å²) in [6.07, 6.45) is 5.31. The molecule has 2 heteroatoms. The lowest BCUT2D eigenvalue weighted by Gasteiger charge is -2.17. The number of aryl methyl sites for hydroxylation is 1. The molecule has 0 bridgehead atoms. The Morgan fingerprint density at radius 2 is 2.00 bits per heavy atom. The second-order valence-electron chi connectivity index (χ2n) is 4.70. The molecule has 1 aliphatic rings. The molecule has 0 spiro atoms. The molecule has 0 aliphatic heterocycles. The van der Waals surface area contributed by atoms with Crippen LogP contribution in [-0.4, -0.2) is 17.3 Å². The molecule has 2 atom stereocenters. The van der Waals surface area contributed by atoms with Gasteiger partial charge in [0.15, 0.2) is 0 Å². The highest BCUT2D eigenvalue weighted by molar-refractivity contribution is 5.45. The molecule has 88 valence electrons. The number of nitrogens with one attached hydrogen (secondary N) is 1. The molecule has 2 rings (SSSR count). The average Bonchev–Trinajstić information content (AvgIpc) is 2.68. The molecule has 0 unspecified atom stereocenters. The van der Waals surface area contributed by atoms with Crippen molar-refractivity contribution >= 4 is 5.69 Å². The van der Waals surface area contributed by atoms with Gasteiger partial charge in [-0.3, -0.25) is 0 Å². The van der Waals surface area contributed by atoms with E-state index in [9.17, 15) is 5.11 Å². The first-order valence-corrected chi connectivity index (χ1v) is 6.33. The van der Waals surface area contributed by atoms with Gasteiger partial charge in [0.2, 0.25) is 0 Å². The SMILES string of the molecule is CCCc1ccc(N[C@@H]2CCC[C@H]2O)cc1. The highest BCUT2D eigenvalue weighted by atomic mass is 16.3. The fourth-order valence-corrected chi connectivity index (χ4v) is 2.38. The Bertz CT molecular complexity index is 320. The molecule has 0 saturated heterocycles. The van der Waals surface area contributed by atoms with Crippen LogP contribution in [-0.2, 0) is 6.42 Å². The monoisotopic (exact) mass is 219 g/mol. The first-order chi connectivity index (χ1) is 7.79. The van der Waals surface area contributed by atoms with Gasteiger partial charge >= 0.3 is 0 Å². The third-order valence-electron chi connectivity index (χ3n) is 3.32. The summed E-state index contributed by atoms with van der Waals surface area (Å²) in [7, 11) is 0. The van der Waals surface area contributed by atoms with Crippen molar-refractivity contribution in [3.8, 4) is 0 Å². The van der Waals surface area contributed by atoms with Crippen LogP contribution in [0.3, 0.4) is 0 Å². The summed E-state index contributed by atoms with van der Waals surface area (Å²) in [4.78, 5) is 0. The van der Waals surface area contributed by atoms with Crippen LogP contribution in [0.1, 0.15) is 38.2 Å². The molecular weight excluding hydrogens is 198 g/mol. The van der Waals surface area contributed by atoms with Crippen molar-refractivity contribution in [1.29, 1.82) is 0 Å². The van der Waals surface area contributed by atoms with E-state index in [1.165, 1.54) is 12.0 Å². The van der Waals surface area contributed by atoms with Gasteiger partial charge in [0.1, 0.15) is 0 Å². The smallest absolute Gasteiger partial charge is 0.0741 e. The number of hydrogen-bond donors (Lipinski definition) is 2. The normalized spacial score (nSPS) is 24.6. The second kappa shape index (κ2) is 5.35. The summed E-state index contributed by atoms with van der Waals surface area (Å²) in [5.41, 5.74) is 2.52. The standard InChI is InChI=1S/C14H21NO/c1-2-4-11-7-9-12(10-8-11)15-13-5-3-6-14(13)16/h7-10,13-16H,2-6H2,1H3/t13-,14-/m1/s1. The topological polar surface area (TPSA) is 32.3 Å². The van der Waals surface area contributed by atoms with E-state index in [0.29, 0.717) is 0 Å². The molecule has 1 saturated carbocycles. The van der Waals surface area contributed by atoms with Crippen molar-refractivity contribution in [2.75, 3.05) is 5.32 Å². The zero-order chi connectivity index (χ0) is 11.4. The van der Waals surface area contributed by atoms with Crippen LogP contribution >= 0.6 is 0 Å². The molecule has 0 heterocycles. The maximum absolute atomic E-state index is 9.73. The first-order valence-electron chi connectivity index (χ1n) is 6.33. The molecule has 16 heavy (non-hydrogen) atoms. The lowest BCUT2D eigenvalue weighted by atomic mass is 10.1. The van der Waals surface area contributed by atoms with Crippen molar-refractivity contribution in [3.63, 3.8) is 0 Å². The average molecular weight is 219 g/mol. The lowest BCUT2D eigenvalue weighted by Crippen LogP contribution is -2.27. The van der Waals surface area contributed by atoms with Gasteiger partial charge in [-0.05, 0) is 43.4 Å². The Morgan fingerprint density at radius 1 is 1.25 bits per heavy atom. The second-order valence-corrected chi connectivity index (χ2v) is 4.70. The molecule has 1 aromatic rings. The maximum atomic E-state index is 9.73. The van der Waals surface area contributed by atoms with E-state index >= 15 is 0 Å². The Hall–Kier alpha value is -1.02. The van der Waals surface area contributed by atoms with Gasteiger partial charge in [-0.25, -0.2) is 0 Å². The van der Waals surface area contributed by atoms with Crippen molar-refractivity contribution in [3.05, 3.63) is 29.8 Å². The minimum absolute atomic E-state index is 0.171. The van der Waals surface area contributed by atoms with Crippen LogP contribution in [0.15, 0.2) is 24.3 Å². The molecule has 1 fully saturated rings. The number of hydrogen-bond acceptors (Lipinski definition) is 2. The zero-order valence-electron chi connectivity index (χ0n) is 9.95. The van der Waals surface area contributed by atoms with E-state index < -0.39 is 0 Å². The highest BCUT2D eigenvalue weighted by Crippen LogP contribution is 2.23. The van der Waals surface area contributed by atoms with E-state index in [2.05, 4.69) is 36.5 Å². The van der Waals surface area contributed by atoms with Crippen molar-refractivity contribution in [2.45, 2.75) is 51.2 Å². The van der Waals surface area contributed by atoms with Crippen molar-refractivity contribution in [1.82, 2.24) is 0 Å². The van der Waals surface area contributed by atoms with Gasteiger partial charge in [0, 0.05) is 5.69 Å². The van der Waals surface area contributed by atoms with E-state index in [1.807, 2.05) is 0 Å². The molecule has 0 amide bonds. The number of aliphatic hydroxyl groups is 1. The van der Waals surface area contributed by atoms with E-state index in [-0.39, 0.29) is 12.1 Å². The first kappa shape index (κ1) is 11.5. The predicted octanol–water partition coefficient (Wildman–Crippen LogP) is 2.96. The Kier molecular flexibility index (Phi) is 3.83. The molecular formula is C14H21NO. The minimum atomic E-state index is -0.171. The Balaban J connectivity index is 1.94. The molecule has 2 nitrogen and oxygen atoms in total. The highest BCUT2D eigenvalue weighted by Gasteiger charge is 2.24. The van der Waals surface area contributed by atoms with Crippen LogP contribution in [0.4, 0.5) is 5.69 Å². The Labute approximate surface area is 97.7 Å². The number of rotatable bonds is 4. The van der Waals surface area contributed by atoms with Crippen LogP contribution in [0.2, 0.25) is 0 Å². The van der Waals surface area contributed by atoms with Crippen molar-refractivity contribution < 1.29 is 5.11 Å². The molecule has 1 aromatic carbocycles. The number of aliphatic hydroxyl groups excluding tert-OH is 1. The Morgan fingerprint density at radius 3 is 2.56 bits per heavy atom. The van der Waals surface area contributed by atoms with Crippen LogP contribution in [0, 0.1) is 0 Å². The summed E-state index contributed by atoms with van der Waals surface area (Å²) in [6, 6.07) is 8.84. The minimum Gasteiger partial charge on any atom is -0.391 e. The summed E-state index contributed by atoms with van der Waals surface area (Å²) < 4.78 is 0. The summed E-state index contributed by atoms with van der Waals surface area (Å²) in [5, 5.41) is 13.1. The summed E-state index contributed by atoms with van der Waals surface area (Å²) in [5.74, 6) is 0. The van der Waals surface area contributed by atoms with E-state index in [4.69, 9.17) is 0 Å². The third kappa shape index (κ3) is 2.76.